The standard InChI is InChI=1S/C9H14N2OS/c1-3-4-5-6(2)7-8(12)11-9(13)10-7/h3-5H2,1-2H3,(H2,10,11,12,13)/b7-6-. The van der Waals surface area contributed by atoms with Crippen molar-refractivity contribution >= 4 is 23.2 Å². The van der Waals surface area contributed by atoms with Crippen LogP contribution in [-0.4, -0.2) is 11.0 Å². The van der Waals surface area contributed by atoms with Crippen LogP contribution < -0.4 is 10.6 Å². The number of unbranched alkanes of at least 4 members (excludes halogenated alkanes) is 1. The zero-order valence-corrected chi connectivity index (χ0v) is 8.75. The molecule has 4 heteroatoms. The Labute approximate surface area is 83.6 Å². The number of carbonyl (C=O) groups is 1. The van der Waals surface area contributed by atoms with Crippen LogP contribution in [0.5, 0.6) is 0 Å². The molecule has 0 bridgehead atoms. The molecule has 1 amide bonds. The number of allylic oxidation sites excluding steroid dienone is 1. The first-order chi connectivity index (χ1) is 6.15. The van der Waals surface area contributed by atoms with Gasteiger partial charge in [0, 0.05) is 0 Å². The molecule has 0 radical (unpaired) electrons. The van der Waals surface area contributed by atoms with Gasteiger partial charge in [0.15, 0.2) is 5.11 Å². The number of carbonyl (C=O) groups excluding carboxylic acids is 1. The molecular weight excluding hydrogens is 184 g/mol. The molecule has 0 aromatic rings. The molecule has 13 heavy (non-hydrogen) atoms. The summed E-state index contributed by atoms with van der Waals surface area (Å²) < 4.78 is 0. The molecule has 1 saturated heterocycles. The number of rotatable bonds is 3. The van der Waals surface area contributed by atoms with Crippen molar-refractivity contribution in [2.75, 3.05) is 0 Å². The third-order valence-electron chi connectivity index (χ3n) is 2.02. The van der Waals surface area contributed by atoms with Crippen molar-refractivity contribution in [2.45, 2.75) is 33.1 Å². The minimum absolute atomic E-state index is 0.0985. The molecule has 0 saturated carbocycles. The Morgan fingerprint density at radius 1 is 1.46 bits per heavy atom. The van der Waals surface area contributed by atoms with Crippen LogP contribution >= 0.6 is 12.2 Å². The summed E-state index contributed by atoms with van der Waals surface area (Å²) >= 11 is 4.83. The van der Waals surface area contributed by atoms with Crippen LogP contribution in [-0.2, 0) is 4.79 Å². The van der Waals surface area contributed by atoms with E-state index in [0.29, 0.717) is 10.8 Å². The fraction of sp³-hybridized carbons (Fsp3) is 0.556. The van der Waals surface area contributed by atoms with Gasteiger partial charge in [0.25, 0.3) is 5.91 Å². The van der Waals surface area contributed by atoms with E-state index in [1.54, 1.807) is 0 Å². The minimum atomic E-state index is -0.0985. The van der Waals surface area contributed by atoms with E-state index in [1.165, 1.54) is 0 Å². The number of hydrogen-bond donors (Lipinski definition) is 2. The highest BCUT2D eigenvalue weighted by atomic mass is 32.1. The van der Waals surface area contributed by atoms with Crippen LogP contribution in [0.2, 0.25) is 0 Å². The summed E-state index contributed by atoms with van der Waals surface area (Å²) in [6.07, 6.45) is 3.20. The molecule has 1 aliphatic heterocycles. The quantitative estimate of drug-likeness (QED) is 0.533. The monoisotopic (exact) mass is 198 g/mol. The van der Waals surface area contributed by atoms with Crippen LogP contribution in [0, 0.1) is 0 Å². The van der Waals surface area contributed by atoms with Crippen molar-refractivity contribution in [2.24, 2.45) is 0 Å². The van der Waals surface area contributed by atoms with E-state index in [0.717, 1.165) is 24.8 Å². The molecule has 0 spiro atoms. The molecule has 0 aliphatic carbocycles. The summed E-state index contributed by atoms with van der Waals surface area (Å²) in [5, 5.41) is 5.82. The summed E-state index contributed by atoms with van der Waals surface area (Å²) in [5.74, 6) is -0.0985. The molecule has 0 unspecified atom stereocenters. The van der Waals surface area contributed by atoms with E-state index < -0.39 is 0 Å². The van der Waals surface area contributed by atoms with Gasteiger partial charge in [-0.05, 0) is 37.6 Å². The average Bonchev–Trinajstić information content (AvgIpc) is 2.41. The zero-order valence-electron chi connectivity index (χ0n) is 7.94. The molecule has 1 rings (SSSR count). The Bertz CT molecular complexity index is 271. The third-order valence-corrected chi connectivity index (χ3v) is 2.23. The van der Waals surface area contributed by atoms with Gasteiger partial charge in [-0.15, -0.1) is 0 Å². The molecule has 1 fully saturated rings. The molecule has 0 atom stereocenters. The first-order valence-corrected chi connectivity index (χ1v) is 4.88. The normalized spacial score (nSPS) is 19.8. The second kappa shape index (κ2) is 4.37. The summed E-state index contributed by atoms with van der Waals surface area (Å²) in [6, 6.07) is 0. The van der Waals surface area contributed by atoms with Gasteiger partial charge in [-0.25, -0.2) is 0 Å². The first-order valence-electron chi connectivity index (χ1n) is 4.47. The van der Waals surface area contributed by atoms with Gasteiger partial charge in [-0.2, -0.15) is 0 Å². The van der Waals surface area contributed by atoms with Crippen LogP contribution in [0.25, 0.3) is 0 Å². The Hall–Kier alpha value is -0.900. The Morgan fingerprint density at radius 2 is 2.15 bits per heavy atom. The Kier molecular flexibility index (Phi) is 3.42. The van der Waals surface area contributed by atoms with Gasteiger partial charge in [-0.3, -0.25) is 10.1 Å². The Morgan fingerprint density at radius 3 is 2.62 bits per heavy atom. The maximum atomic E-state index is 11.3. The first kappa shape index (κ1) is 10.2. The molecule has 3 nitrogen and oxygen atoms in total. The van der Waals surface area contributed by atoms with Crippen molar-refractivity contribution < 1.29 is 4.79 Å². The predicted octanol–water partition coefficient (Wildman–Crippen LogP) is 1.45. The average molecular weight is 198 g/mol. The van der Waals surface area contributed by atoms with Gasteiger partial charge < -0.3 is 5.32 Å². The zero-order chi connectivity index (χ0) is 9.84. The van der Waals surface area contributed by atoms with Crippen molar-refractivity contribution in [1.29, 1.82) is 0 Å². The summed E-state index contributed by atoms with van der Waals surface area (Å²) in [6.45, 7) is 4.09. The largest absolute Gasteiger partial charge is 0.328 e. The minimum Gasteiger partial charge on any atom is -0.328 e. The lowest BCUT2D eigenvalue weighted by Crippen LogP contribution is -2.21. The predicted molar refractivity (Wildman–Crippen MR) is 56.1 cm³/mol. The molecule has 0 aromatic carbocycles. The second-order valence-electron chi connectivity index (χ2n) is 3.17. The summed E-state index contributed by atoms with van der Waals surface area (Å²) in [5.41, 5.74) is 1.72. The molecule has 2 N–H and O–H groups in total. The summed E-state index contributed by atoms with van der Waals surface area (Å²) in [4.78, 5) is 11.3. The van der Waals surface area contributed by atoms with Crippen LogP contribution in [0.3, 0.4) is 0 Å². The molecule has 1 aliphatic rings. The van der Waals surface area contributed by atoms with E-state index >= 15 is 0 Å². The molecular formula is C9H14N2OS. The van der Waals surface area contributed by atoms with E-state index in [-0.39, 0.29) is 5.91 Å². The van der Waals surface area contributed by atoms with Gasteiger partial charge >= 0.3 is 0 Å². The highest BCUT2D eigenvalue weighted by Gasteiger charge is 2.21. The van der Waals surface area contributed by atoms with E-state index in [1.807, 2.05) is 6.92 Å². The molecule has 72 valence electrons. The van der Waals surface area contributed by atoms with E-state index in [2.05, 4.69) is 17.6 Å². The van der Waals surface area contributed by atoms with Crippen LogP contribution in [0.4, 0.5) is 0 Å². The lowest BCUT2D eigenvalue weighted by atomic mass is 10.1. The van der Waals surface area contributed by atoms with Crippen molar-refractivity contribution in [3.8, 4) is 0 Å². The van der Waals surface area contributed by atoms with Crippen LogP contribution in [0.15, 0.2) is 11.3 Å². The number of hydrogen-bond acceptors (Lipinski definition) is 2. The number of nitrogens with one attached hydrogen (secondary N) is 2. The van der Waals surface area contributed by atoms with Gasteiger partial charge in [-0.1, -0.05) is 13.3 Å². The van der Waals surface area contributed by atoms with Gasteiger partial charge in [0.05, 0.1) is 0 Å². The SMILES string of the molecule is CCCC/C(C)=C1\NC(=S)NC1=O. The second-order valence-corrected chi connectivity index (χ2v) is 3.58. The van der Waals surface area contributed by atoms with Crippen molar-refractivity contribution in [3.63, 3.8) is 0 Å². The smallest absolute Gasteiger partial charge is 0.273 e. The van der Waals surface area contributed by atoms with Gasteiger partial charge in [0.2, 0.25) is 0 Å². The maximum Gasteiger partial charge on any atom is 0.273 e. The van der Waals surface area contributed by atoms with E-state index in [4.69, 9.17) is 12.2 Å². The number of amides is 1. The van der Waals surface area contributed by atoms with Crippen LogP contribution in [0.1, 0.15) is 33.1 Å². The van der Waals surface area contributed by atoms with Crippen molar-refractivity contribution in [1.82, 2.24) is 10.6 Å². The van der Waals surface area contributed by atoms with Crippen molar-refractivity contribution in [3.05, 3.63) is 11.3 Å². The van der Waals surface area contributed by atoms with E-state index in [9.17, 15) is 4.79 Å². The highest BCUT2D eigenvalue weighted by molar-refractivity contribution is 7.80. The lowest BCUT2D eigenvalue weighted by molar-refractivity contribution is -0.115. The fourth-order valence-electron chi connectivity index (χ4n) is 1.23. The number of thiocarbonyl (C=S) groups is 1. The maximum absolute atomic E-state index is 11.3. The highest BCUT2D eigenvalue weighted by Crippen LogP contribution is 2.12. The topological polar surface area (TPSA) is 41.1 Å². The van der Waals surface area contributed by atoms with Gasteiger partial charge in [0.1, 0.15) is 5.70 Å². The Balaban J connectivity index is 2.67. The lowest BCUT2D eigenvalue weighted by Gasteiger charge is -2.02. The third kappa shape index (κ3) is 2.52. The molecule has 1 heterocycles. The fourth-order valence-corrected chi connectivity index (χ4v) is 1.43. The summed E-state index contributed by atoms with van der Waals surface area (Å²) in [7, 11) is 0. The molecule has 0 aromatic heterocycles.